The SMILES string of the molecule is O=C(O)c1ccnc(C(=O)N2CCCCC2CNC(=O)c2ccccc2)c1. The summed E-state index contributed by atoms with van der Waals surface area (Å²) in [4.78, 5) is 42.0. The number of pyridine rings is 1. The molecule has 140 valence electrons. The second kappa shape index (κ2) is 8.44. The van der Waals surface area contributed by atoms with Gasteiger partial charge in [-0.25, -0.2) is 4.79 Å². The Kier molecular flexibility index (Phi) is 5.80. The van der Waals surface area contributed by atoms with Crippen molar-refractivity contribution in [1.82, 2.24) is 15.2 Å². The number of carbonyl (C=O) groups excluding carboxylic acids is 2. The lowest BCUT2D eigenvalue weighted by molar-refractivity contribution is 0.0596. The summed E-state index contributed by atoms with van der Waals surface area (Å²) in [5, 5.41) is 12.0. The molecular weight excluding hydrogens is 346 g/mol. The van der Waals surface area contributed by atoms with E-state index in [4.69, 9.17) is 5.11 Å². The van der Waals surface area contributed by atoms with Crippen molar-refractivity contribution in [3.8, 4) is 0 Å². The minimum absolute atomic E-state index is 0.0271. The third-order valence-corrected chi connectivity index (χ3v) is 4.65. The molecule has 1 aromatic carbocycles. The van der Waals surface area contributed by atoms with Gasteiger partial charge in [0.05, 0.1) is 5.56 Å². The molecule has 0 radical (unpaired) electrons. The van der Waals surface area contributed by atoms with Crippen LogP contribution in [-0.2, 0) is 0 Å². The first kappa shape index (κ1) is 18.6. The van der Waals surface area contributed by atoms with E-state index in [9.17, 15) is 14.4 Å². The van der Waals surface area contributed by atoms with Crippen LogP contribution in [0.5, 0.6) is 0 Å². The van der Waals surface area contributed by atoms with E-state index >= 15 is 0 Å². The predicted octanol–water partition coefficient (Wildman–Crippen LogP) is 2.20. The molecule has 2 heterocycles. The maximum atomic E-state index is 12.9. The number of carbonyl (C=O) groups is 3. The Labute approximate surface area is 157 Å². The first-order chi connectivity index (χ1) is 13.1. The molecule has 1 atom stereocenters. The smallest absolute Gasteiger partial charge is 0.335 e. The van der Waals surface area contributed by atoms with Crippen LogP contribution in [0.3, 0.4) is 0 Å². The number of hydrogen-bond donors (Lipinski definition) is 2. The van der Waals surface area contributed by atoms with Crippen LogP contribution >= 0.6 is 0 Å². The highest BCUT2D eigenvalue weighted by molar-refractivity contribution is 5.96. The third kappa shape index (κ3) is 4.49. The van der Waals surface area contributed by atoms with Crippen LogP contribution in [0.2, 0.25) is 0 Å². The molecule has 0 aliphatic carbocycles. The molecular formula is C20H21N3O4. The van der Waals surface area contributed by atoms with E-state index in [0.29, 0.717) is 18.7 Å². The van der Waals surface area contributed by atoms with Crippen LogP contribution < -0.4 is 5.32 Å². The van der Waals surface area contributed by atoms with E-state index in [1.807, 2.05) is 6.07 Å². The van der Waals surface area contributed by atoms with E-state index < -0.39 is 5.97 Å². The lowest BCUT2D eigenvalue weighted by atomic mass is 10.0. The maximum absolute atomic E-state index is 12.9. The minimum Gasteiger partial charge on any atom is -0.478 e. The summed E-state index contributed by atoms with van der Waals surface area (Å²) in [6.07, 6.45) is 3.94. The van der Waals surface area contributed by atoms with E-state index in [-0.39, 0.29) is 29.1 Å². The second-order valence-corrected chi connectivity index (χ2v) is 6.46. The highest BCUT2D eigenvalue weighted by Gasteiger charge is 2.29. The number of hydrogen-bond acceptors (Lipinski definition) is 4. The van der Waals surface area contributed by atoms with Gasteiger partial charge in [0.2, 0.25) is 0 Å². The number of nitrogens with one attached hydrogen (secondary N) is 1. The van der Waals surface area contributed by atoms with Gasteiger partial charge in [0.1, 0.15) is 5.69 Å². The first-order valence-electron chi connectivity index (χ1n) is 8.90. The van der Waals surface area contributed by atoms with Crippen LogP contribution in [0, 0.1) is 0 Å². The van der Waals surface area contributed by atoms with Gasteiger partial charge >= 0.3 is 5.97 Å². The average Bonchev–Trinajstić information content (AvgIpc) is 2.72. The molecule has 0 spiro atoms. The number of amides is 2. The third-order valence-electron chi connectivity index (χ3n) is 4.65. The average molecular weight is 367 g/mol. The molecule has 27 heavy (non-hydrogen) atoms. The van der Waals surface area contributed by atoms with Crippen molar-refractivity contribution in [1.29, 1.82) is 0 Å². The summed E-state index contributed by atoms with van der Waals surface area (Å²) in [6.45, 7) is 0.905. The Hall–Kier alpha value is -3.22. The monoisotopic (exact) mass is 367 g/mol. The topological polar surface area (TPSA) is 99.6 Å². The quantitative estimate of drug-likeness (QED) is 0.844. The Morgan fingerprint density at radius 1 is 1.11 bits per heavy atom. The number of aromatic nitrogens is 1. The number of likely N-dealkylation sites (tertiary alicyclic amines) is 1. The zero-order chi connectivity index (χ0) is 19.2. The van der Waals surface area contributed by atoms with Gasteiger partial charge in [-0.1, -0.05) is 18.2 Å². The summed E-state index contributed by atoms with van der Waals surface area (Å²) in [6, 6.07) is 11.4. The Morgan fingerprint density at radius 2 is 1.89 bits per heavy atom. The van der Waals surface area contributed by atoms with E-state index in [1.54, 1.807) is 29.2 Å². The molecule has 2 amide bonds. The Morgan fingerprint density at radius 3 is 2.63 bits per heavy atom. The predicted molar refractivity (Wildman–Crippen MR) is 98.6 cm³/mol. The number of piperidine rings is 1. The molecule has 2 aromatic rings. The molecule has 0 bridgehead atoms. The summed E-state index contributed by atoms with van der Waals surface area (Å²) in [7, 11) is 0. The van der Waals surface area contributed by atoms with Crippen molar-refractivity contribution < 1.29 is 19.5 Å². The van der Waals surface area contributed by atoms with Crippen LogP contribution in [0.4, 0.5) is 0 Å². The van der Waals surface area contributed by atoms with Gasteiger partial charge in [0, 0.05) is 30.9 Å². The summed E-state index contributed by atoms with van der Waals surface area (Å²) in [5.41, 5.74) is 0.706. The highest BCUT2D eigenvalue weighted by atomic mass is 16.4. The number of nitrogens with zero attached hydrogens (tertiary/aromatic N) is 2. The van der Waals surface area contributed by atoms with E-state index in [1.165, 1.54) is 18.3 Å². The number of aromatic carboxylic acids is 1. The normalized spacial score (nSPS) is 16.6. The maximum Gasteiger partial charge on any atom is 0.335 e. The minimum atomic E-state index is -1.10. The highest BCUT2D eigenvalue weighted by Crippen LogP contribution is 2.19. The molecule has 1 fully saturated rings. The van der Waals surface area contributed by atoms with Crippen molar-refractivity contribution in [2.75, 3.05) is 13.1 Å². The molecule has 7 heteroatoms. The van der Waals surface area contributed by atoms with Crippen LogP contribution in [0.15, 0.2) is 48.7 Å². The lowest BCUT2D eigenvalue weighted by Crippen LogP contribution is -2.49. The van der Waals surface area contributed by atoms with Crippen LogP contribution in [0.25, 0.3) is 0 Å². The molecule has 1 saturated heterocycles. The fourth-order valence-electron chi connectivity index (χ4n) is 3.21. The van der Waals surface area contributed by atoms with Crippen LogP contribution in [0.1, 0.15) is 50.5 Å². The van der Waals surface area contributed by atoms with Crippen molar-refractivity contribution in [2.24, 2.45) is 0 Å². The van der Waals surface area contributed by atoms with Crippen molar-refractivity contribution >= 4 is 17.8 Å². The zero-order valence-electron chi connectivity index (χ0n) is 14.8. The van der Waals surface area contributed by atoms with Gasteiger partial charge in [0.15, 0.2) is 0 Å². The number of carboxylic acid groups (broad SMARTS) is 1. The molecule has 7 nitrogen and oxygen atoms in total. The Balaban J connectivity index is 1.69. The van der Waals surface area contributed by atoms with Crippen molar-refractivity contribution in [3.05, 3.63) is 65.5 Å². The molecule has 3 rings (SSSR count). The summed E-state index contributed by atoms with van der Waals surface area (Å²) >= 11 is 0. The van der Waals surface area contributed by atoms with E-state index in [2.05, 4.69) is 10.3 Å². The van der Waals surface area contributed by atoms with Gasteiger partial charge in [-0.05, 0) is 43.5 Å². The molecule has 1 unspecified atom stereocenters. The summed E-state index contributed by atoms with van der Waals surface area (Å²) in [5.74, 6) is -1.59. The van der Waals surface area contributed by atoms with Gasteiger partial charge in [0.25, 0.3) is 11.8 Å². The van der Waals surface area contributed by atoms with Gasteiger partial charge in [-0.3, -0.25) is 14.6 Å². The molecule has 2 N–H and O–H groups in total. The van der Waals surface area contributed by atoms with Crippen molar-refractivity contribution in [2.45, 2.75) is 25.3 Å². The number of benzene rings is 1. The molecule has 0 saturated carbocycles. The molecule has 1 aliphatic heterocycles. The van der Waals surface area contributed by atoms with Gasteiger partial charge < -0.3 is 15.3 Å². The van der Waals surface area contributed by atoms with Gasteiger partial charge in [-0.15, -0.1) is 0 Å². The number of carboxylic acids is 1. The zero-order valence-corrected chi connectivity index (χ0v) is 14.8. The molecule has 1 aliphatic rings. The van der Waals surface area contributed by atoms with Crippen molar-refractivity contribution in [3.63, 3.8) is 0 Å². The number of rotatable bonds is 5. The van der Waals surface area contributed by atoms with Gasteiger partial charge in [-0.2, -0.15) is 0 Å². The first-order valence-corrected chi connectivity index (χ1v) is 8.90. The van der Waals surface area contributed by atoms with Crippen LogP contribution in [-0.4, -0.2) is 51.9 Å². The second-order valence-electron chi connectivity index (χ2n) is 6.46. The Bertz CT molecular complexity index is 838. The molecule has 1 aromatic heterocycles. The van der Waals surface area contributed by atoms with E-state index in [0.717, 1.165) is 19.3 Å². The summed E-state index contributed by atoms with van der Waals surface area (Å²) < 4.78 is 0. The fourth-order valence-corrected chi connectivity index (χ4v) is 3.21. The standard InChI is InChI=1S/C20H21N3O4/c24-18(14-6-2-1-3-7-14)22-13-16-8-4-5-11-23(16)19(25)17-12-15(20(26)27)9-10-21-17/h1-3,6-7,9-10,12,16H,4-5,8,11,13H2,(H,22,24)(H,26,27). The lowest BCUT2D eigenvalue weighted by Gasteiger charge is -2.35. The fraction of sp³-hybridized carbons (Fsp3) is 0.300. The largest absolute Gasteiger partial charge is 0.478 e.